The van der Waals surface area contributed by atoms with Crippen molar-refractivity contribution in [3.05, 3.63) is 70.6 Å². The Morgan fingerprint density at radius 2 is 1.81 bits per heavy atom. The molecule has 0 saturated carbocycles. The van der Waals surface area contributed by atoms with Crippen LogP contribution in [0.3, 0.4) is 0 Å². The molecule has 2 fully saturated rings. The number of ether oxygens (including phenoxy) is 1. The first-order valence-electron chi connectivity index (χ1n) is 9.86. The lowest BCUT2D eigenvalue weighted by atomic mass is 10.2. The van der Waals surface area contributed by atoms with Crippen molar-refractivity contribution in [1.29, 1.82) is 0 Å². The van der Waals surface area contributed by atoms with Gasteiger partial charge in [-0.1, -0.05) is 54.3 Å². The summed E-state index contributed by atoms with van der Waals surface area (Å²) in [7, 11) is 0. The van der Waals surface area contributed by atoms with E-state index >= 15 is 0 Å². The van der Waals surface area contributed by atoms with E-state index in [1.165, 1.54) is 29.2 Å². The van der Waals surface area contributed by atoms with E-state index in [4.69, 9.17) is 17.0 Å². The van der Waals surface area contributed by atoms with Crippen LogP contribution in [0, 0.1) is 0 Å². The van der Waals surface area contributed by atoms with E-state index in [2.05, 4.69) is 0 Å². The first kappa shape index (κ1) is 21.9. The molecular weight excluding hydrogens is 448 g/mol. The lowest BCUT2D eigenvalue weighted by molar-refractivity contribution is -0.129. The molecule has 7 nitrogen and oxygen atoms in total. The molecule has 0 aliphatic carbocycles. The average molecular weight is 467 g/mol. The summed E-state index contributed by atoms with van der Waals surface area (Å²) >= 11 is 6.47. The molecule has 2 aromatic rings. The fourth-order valence-corrected chi connectivity index (χ4v) is 4.86. The van der Waals surface area contributed by atoms with Crippen LogP contribution in [0.4, 0.5) is 5.69 Å². The Morgan fingerprint density at radius 3 is 2.47 bits per heavy atom. The summed E-state index contributed by atoms with van der Waals surface area (Å²) in [6.07, 6.45) is 1.55. The van der Waals surface area contributed by atoms with Crippen molar-refractivity contribution in [1.82, 2.24) is 4.90 Å². The second kappa shape index (κ2) is 9.05. The minimum atomic E-state index is -0.999. The summed E-state index contributed by atoms with van der Waals surface area (Å²) in [5.74, 6) is -1.85. The standard InChI is InChI=1S/C23H18N2O5S2/c1-2-30-22(29)15-8-10-16(11-9-15)24-19(26)13-17(20(24)27)25-21(28)18(32-23(25)31)12-14-6-4-3-5-7-14/h3-12,17H,2,13H2,1H3/b18-12-. The third kappa shape index (κ3) is 4.09. The Hall–Kier alpha value is -3.30. The summed E-state index contributed by atoms with van der Waals surface area (Å²) in [5, 5.41) is 0. The van der Waals surface area contributed by atoms with E-state index in [1.807, 2.05) is 30.3 Å². The average Bonchev–Trinajstić information content (AvgIpc) is 3.22. The molecule has 1 unspecified atom stereocenters. The normalized spacial score (nSPS) is 19.9. The third-order valence-electron chi connectivity index (χ3n) is 4.99. The highest BCUT2D eigenvalue weighted by Gasteiger charge is 2.48. The maximum Gasteiger partial charge on any atom is 0.338 e. The second-order valence-corrected chi connectivity index (χ2v) is 8.69. The van der Waals surface area contributed by atoms with Gasteiger partial charge in [0.2, 0.25) is 5.91 Å². The zero-order valence-corrected chi connectivity index (χ0v) is 18.7. The van der Waals surface area contributed by atoms with Gasteiger partial charge in [-0.2, -0.15) is 0 Å². The van der Waals surface area contributed by atoms with Crippen molar-refractivity contribution >= 4 is 63.8 Å². The van der Waals surface area contributed by atoms with Crippen LogP contribution < -0.4 is 4.90 Å². The van der Waals surface area contributed by atoms with E-state index in [0.717, 1.165) is 22.2 Å². The van der Waals surface area contributed by atoms with Crippen LogP contribution in [-0.2, 0) is 19.1 Å². The fraction of sp³-hybridized carbons (Fsp3) is 0.174. The Kier molecular flexibility index (Phi) is 6.20. The quantitative estimate of drug-likeness (QED) is 0.289. The number of rotatable bonds is 5. The molecule has 3 amide bonds. The van der Waals surface area contributed by atoms with Crippen LogP contribution in [0.5, 0.6) is 0 Å². The molecule has 2 aromatic carbocycles. The topological polar surface area (TPSA) is 84.0 Å². The first-order chi connectivity index (χ1) is 15.4. The monoisotopic (exact) mass is 466 g/mol. The highest BCUT2D eigenvalue weighted by molar-refractivity contribution is 8.26. The third-order valence-corrected chi connectivity index (χ3v) is 6.32. The van der Waals surface area contributed by atoms with E-state index < -0.39 is 29.7 Å². The van der Waals surface area contributed by atoms with E-state index in [0.29, 0.717) is 16.2 Å². The number of nitrogens with zero attached hydrogens (tertiary/aromatic N) is 2. The van der Waals surface area contributed by atoms with Crippen molar-refractivity contribution < 1.29 is 23.9 Å². The SMILES string of the molecule is CCOC(=O)c1ccc(N2C(=O)CC(N3C(=O)/C(=C/c4ccccc4)SC3=S)C2=O)cc1. The number of hydrogen-bond acceptors (Lipinski definition) is 7. The number of carbonyl (C=O) groups is 4. The molecule has 0 bridgehead atoms. The van der Waals surface area contributed by atoms with Gasteiger partial charge in [0.05, 0.1) is 29.2 Å². The highest BCUT2D eigenvalue weighted by Crippen LogP contribution is 2.37. The van der Waals surface area contributed by atoms with Crippen molar-refractivity contribution in [3.8, 4) is 0 Å². The van der Waals surface area contributed by atoms with Crippen molar-refractivity contribution in [2.45, 2.75) is 19.4 Å². The maximum atomic E-state index is 13.1. The lowest BCUT2D eigenvalue weighted by Crippen LogP contribution is -2.44. The number of anilines is 1. The van der Waals surface area contributed by atoms with Gasteiger partial charge in [-0.3, -0.25) is 19.3 Å². The Morgan fingerprint density at radius 1 is 1.12 bits per heavy atom. The molecule has 2 aliphatic heterocycles. The molecule has 2 saturated heterocycles. The predicted molar refractivity (Wildman–Crippen MR) is 125 cm³/mol. The van der Waals surface area contributed by atoms with E-state index in [9.17, 15) is 19.2 Å². The molecule has 0 spiro atoms. The van der Waals surface area contributed by atoms with Gasteiger partial charge in [0, 0.05) is 0 Å². The Balaban J connectivity index is 1.55. The van der Waals surface area contributed by atoms with Gasteiger partial charge >= 0.3 is 5.97 Å². The number of hydrogen-bond donors (Lipinski definition) is 0. The van der Waals surface area contributed by atoms with Gasteiger partial charge in [-0.15, -0.1) is 0 Å². The van der Waals surface area contributed by atoms with Gasteiger partial charge < -0.3 is 4.74 Å². The molecule has 32 heavy (non-hydrogen) atoms. The predicted octanol–water partition coefficient (Wildman–Crippen LogP) is 3.40. The van der Waals surface area contributed by atoms with E-state index in [-0.39, 0.29) is 17.3 Å². The van der Waals surface area contributed by atoms with Crippen LogP contribution >= 0.6 is 24.0 Å². The molecule has 0 radical (unpaired) electrons. The smallest absolute Gasteiger partial charge is 0.338 e. The number of amides is 3. The molecule has 9 heteroatoms. The number of benzene rings is 2. The molecule has 2 heterocycles. The van der Waals surface area contributed by atoms with Gasteiger partial charge in [-0.25, -0.2) is 9.69 Å². The Bertz CT molecular complexity index is 1140. The second-order valence-electron chi connectivity index (χ2n) is 7.02. The molecule has 1 atom stereocenters. The summed E-state index contributed by atoms with van der Waals surface area (Å²) in [5.41, 5.74) is 1.47. The maximum absolute atomic E-state index is 13.1. The molecule has 2 aliphatic rings. The minimum absolute atomic E-state index is 0.163. The molecule has 4 rings (SSSR count). The molecule has 162 valence electrons. The van der Waals surface area contributed by atoms with Gasteiger partial charge in [-0.05, 0) is 42.8 Å². The van der Waals surface area contributed by atoms with Gasteiger partial charge in [0.25, 0.3) is 11.8 Å². The number of thiocarbonyl (C=S) groups is 1. The summed E-state index contributed by atoms with van der Waals surface area (Å²) < 4.78 is 5.18. The zero-order chi connectivity index (χ0) is 22.8. The fourth-order valence-electron chi connectivity index (χ4n) is 3.50. The zero-order valence-electron chi connectivity index (χ0n) is 17.0. The van der Waals surface area contributed by atoms with Crippen molar-refractivity contribution in [2.24, 2.45) is 0 Å². The lowest BCUT2D eigenvalue weighted by Gasteiger charge is -2.21. The molecule has 0 aromatic heterocycles. The Labute approximate surface area is 194 Å². The first-order valence-corrected chi connectivity index (χ1v) is 11.1. The van der Waals surface area contributed by atoms with Crippen LogP contribution in [0.15, 0.2) is 59.5 Å². The van der Waals surface area contributed by atoms with Gasteiger partial charge in [0.15, 0.2) is 0 Å². The van der Waals surface area contributed by atoms with Crippen LogP contribution in [0.25, 0.3) is 6.08 Å². The minimum Gasteiger partial charge on any atom is -0.462 e. The number of thioether (sulfide) groups is 1. The summed E-state index contributed by atoms with van der Waals surface area (Å²) in [6.45, 7) is 1.95. The van der Waals surface area contributed by atoms with Gasteiger partial charge in [0.1, 0.15) is 10.4 Å². The largest absolute Gasteiger partial charge is 0.462 e. The summed E-state index contributed by atoms with van der Waals surface area (Å²) in [4.78, 5) is 53.3. The number of carbonyl (C=O) groups excluding carboxylic acids is 4. The van der Waals surface area contributed by atoms with Crippen LogP contribution in [0.2, 0.25) is 0 Å². The van der Waals surface area contributed by atoms with Crippen LogP contribution in [-0.4, -0.2) is 45.6 Å². The van der Waals surface area contributed by atoms with Crippen molar-refractivity contribution in [3.63, 3.8) is 0 Å². The number of imide groups is 1. The molecule has 0 N–H and O–H groups in total. The van der Waals surface area contributed by atoms with Crippen molar-refractivity contribution in [2.75, 3.05) is 11.5 Å². The summed E-state index contributed by atoms with van der Waals surface area (Å²) in [6, 6.07) is 14.3. The van der Waals surface area contributed by atoms with Crippen LogP contribution in [0.1, 0.15) is 29.3 Å². The number of esters is 1. The molecular formula is C23H18N2O5S2. The highest BCUT2D eigenvalue weighted by atomic mass is 32.2. The van der Waals surface area contributed by atoms with E-state index in [1.54, 1.807) is 13.0 Å².